The van der Waals surface area contributed by atoms with E-state index in [9.17, 15) is 24.2 Å². The molecule has 28 heavy (non-hydrogen) atoms. The van der Waals surface area contributed by atoms with E-state index in [4.69, 9.17) is 4.74 Å². The maximum Gasteiger partial charge on any atom is 0.338 e. The van der Waals surface area contributed by atoms with Crippen molar-refractivity contribution >= 4 is 11.8 Å². The summed E-state index contributed by atoms with van der Waals surface area (Å²) < 4.78 is 19.5. The van der Waals surface area contributed by atoms with Gasteiger partial charge in [-0.05, 0) is 66.2 Å². The average Bonchev–Trinajstić information content (AvgIpc) is 2.68. The Morgan fingerprint density at radius 3 is 1.96 bits per heavy atom. The van der Waals surface area contributed by atoms with Gasteiger partial charge < -0.3 is 14.9 Å². The molecule has 5 nitrogen and oxygen atoms in total. The zero-order valence-electron chi connectivity index (χ0n) is 14.8. The Hall–Kier alpha value is -3.67. The minimum absolute atomic E-state index is 0.0224. The number of hydrogen-bond donors (Lipinski definition) is 2. The van der Waals surface area contributed by atoms with Crippen LogP contribution in [0.2, 0.25) is 0 Å². The quantitative estimate of drug-likeness (QED) is 0.501. The van der Waals surface area contributed by atoms with E-state index in [0.717, 1.165) is 0 Å². The molecular weight excluding hydrogens is 363 g/mol. The molecule has 0 atom stereocenters. The number of benzene rings is 3. The third-order valence-corrected chi connectivity index (χ3v) is 4.13. The summed E-state index contributed by atoms with van der Waals surface area (Å²) in [6, 6.07) is 15.5. The lowest BCUT2D eigenvalue weighted by atomic mass is 10.0. The molecule has 142 valence electrons. The van der Waals surface area contributed by atoms with Gasteiger partial charge in [-0.25, -0.2) is 9.18 Å². The summed E-state index contributed by atoms with van der Waals surface area (Å²) >= 11 is 0. The van der Waals surface area contributed by atoms with E-state index in [0.29, 0.717) is 11.1 Å². The van der Waals surface area contributed by atoms with E-state index in [2.05, 4.69) is 0 Å². The maximum absolute atomic E-state index is 14.4. The molecule has 0 saturated heterocycles. The Morgan fingerprint density at radius 2 is 1.39 bits per heavy atom. The van der Waals surface area contributed by atoms with E-state index in [1.807, 2.05) is 0 Å². The summed E-state index contributed by atoms with van der Waals surface area (Å²) in [5.41, 5.74) is 1.08. The molecular formula is C22H17FO5. The molecule has 0 bridgehead atoms. The molecule has 0 aliphatic rings. The number of aromatic hydroxyl groups is 2. The van der Waals surface area contributed by atoms with Gasteiger partial charge in [0.2, 0.25) is 0 Å². The third-order valence-electron chi connectivity index (χ3n) is 4.13. The molecule has 0 heterocycles. The van der Waals surface area contributed by atoms with Gasteiger partial charge in [-0.3, -0.25) is 4.79 Å². The fourth-order valence-electron chi connectivity index (χ4n) is 2.61. The number of carbonyl (C=O) groups excluding carboxylic acids is 2. The highest BCUT2D eigenvalue weighted by molar-refractivity contribution is 6.09. The number of hydrogen-bond acceptors (Lipinski definition) is 5. The van der Waals surface area contributed by atoms with Crippen LogP contribution >= 0.6 is 0 Å². The molecule has 2 N–H and O–H groups in total. The molecule has 0 saturated carbocycles. The molecule has 0 unspecified atom stereocenters. The summed E-state index contributed by atoms with van der Waals surface area (Å²) in [6.07, 6.45) is 0.286. The van der Waals surface area contributed by atoms with E-state index < -0.39 is 17.6 Å². The van der Waals surface area contributed by atoms with Gasteiger partial charge >= 0.3 is 5.97 Å². The van der Waals surface area contributed by atoms with Crippen LogP contribution in [0.25, 0.3) is 0 Å². The van der Waals surface area contributed by atoms with Crippen LogP contribution in [0.1, 0.15) is 31.8 Å². The lowest BCUT2D eigenvalue weighted by Gasteiger charge is -2.08. The topological polar surface area (TPSA) is 83.8 Å². The van der Waals surface area contributed by atoms with Crippen molar-refractivity contribution < 1.29 is 28.9 Å². The standard InChI is InChI=1S/C22H17FO5/c23-20-13-14(11-12-28-22(27)16-4-8-18(25)9-5-16)1-10-19(20)21(26)15-2-6-17(24)7-3-15/h1-10,13,24-25H,11-12H2. The molecule has 0 fully saturated rings. The predicted molar refractivity (Wildman–Crippen MR) is 100 cm³/mol. The molecule has 3 rings (SSSR count). The van der Waals surface area contributed by atoms with Crippen molar-refractivity contribution in [3.63, 3.8) is 0 Å². The second-order valence-corrected chi connectivity index (χ2v) is 6.12. The third kappa shape index (κ3) is 4.54. The van der Waals surface area contributed by atoms with Gasteiger partial charge in [-0.1, -0.05) is 6.07 Å². The first kappa shape index (κ1) is 19.1. The number of carbonyl (C=O) groups is 2. The fourth-order valence-corrected chi connectivity index (χ4v) is 2.61. The van der Waals surface area contributed by atoms with Gasteiger partial charge in [0.05, 0.1) is 17.7 Å². The van der Waals surface area contributed by atoms with Crippen LogP contribution in [0.4, 0.5) is 4.39 Å². The highest BCUT2D eigenvalue weighted by Gasteiger charge is 2.15. The van der Waals surface area contributed by atoms with Gasteiger partial charge in [-0.15, -0.1) is 0 Å². The van der Waals surface area contributed by atoms with E-state index in [1.165, 1.54) is 60.7 Å². The first-order valence-corrected chi connectivity index (χ1v) is 8.52. The molecule has 6 heteroatoms. The van der Waals surface area contributed by atoms with Crippen LogP contribution in [0.15, 0.2) is 66.7 Å². The monoisotopic (exact) mass is 380 g/mol. The Bertz CT molecular complexity index is 994. The van der Waals surface area contributed by atoms with Crippen molar-refractivity contribution in [2.75, 3.05) is 6.61 Å². The molecule has 0 aromatic heterocycles. The summed E-state index contributed by atoms with van der Waals surface area (Å²) in [5.74, 6) is -1.62. The van der Waals surface area contributed by atoms with Crippen molar-refractivity contribution in [1.29, 1.82) is 0 Å². The summed E-state index contributed by atoms with van der Waals surface area (Å²) in [5, 5.41) is 18.5. The zero-order chi connectivity index (χ0) is 20.1. The second kappa shape index (κ2) is 8.35. The van der Waals surface area contributed by atoms with Crippen LogP contribution in [0.3, 0.4) is 0 Å². The van der Waals surface area contributed by atoms with E-state index in [-0.39, 0.29) is 35.7 Å². The number of esters is 1. The molecule has 3 aromatic rings. The number of phenolic OH excluding ortho intramolecular Hbond substituents is 2. The van der Waals surface area contributed by atoms with Crippen molar-refractivity contribution in [3.8, 4) is 11.5 Å². The Morgan fingerprint density at radius 1 is 0.821 bits per heavy atom. The SMILES string of the molecule is O=C(OCCc1ccc(C(=O)c2ccc(O)cc2)c(F)c1)c1ccc(O)cc1. The highest BCUT2D eigenvalue weighted by atomic mass is 19.1. The number of ketones is 1. The first-order valence-electron chi connectivity index (χ1n) is 8.52. The first-order chi connectivity index (χ1) is 13.4. The predicted octanol–water partition coefficient (Wildman–Crippen LogP) is 3.87. The summed E-state index contributed by atoms with van der Waals surface area (Å²) in [4.78, 5) is 24.3. The minimum atomic E-state index is -0.666. The van der Waals surface area contributed by atoms with Crippen LogP contribution in [-0.4, -0.2) is 28.6 Å². The van der Waals surface area contributed by atoms with Gasteiger partial charge in [0.1, 0.15) is 17.3 Å². The van der Waals surface area contributed by atoms with Gasteiger partial charge in [0.15, 0.2) is 5.78 Å². The van der Waals surface area contributed by atoms with Gasteiger partial charge in [-0.2, -0.15) is 0 Å². The minimum Gasteiger partial charge on any atom is -0.508 e. The number of rotatable bonds is 6. The van der Waals surface area contributed by atoms with E-state index >= 15 is 0 Å². The Balaban J connectivity index is 1.61. The van der Waals surface area contributed by atoms with Crippen molar-refractivity contribution in [1.82, 2.24) is 0 Å². The van der Waals surface area contributed by atoms with Gasteiger partial charge in [0, 0.05) is 12.0 Å². The van der Waals surface area contributed by atoms with Crippen molar-refractivity contribution in [3.05, 3.63) is 94.8 Å². The average molecular weight is 380 g/mol. The Kier molecular flexibility index (Phi) is 5.69. The lowest BCUT2D eigenvalue weighted by molar-refractivity contribution is 0.0509. The van der Waals surface area contributed by atoms with E-state index in [1.54, 1.807) is 6.07 Å². The molecule has 3 aromatic carbocycles. The number of ether oxygens (including phenoxy) is 1. The lowest BCUT2D eigenvalue weighted by Crippen LogP contribution is -2.09. The number of halogens is 1. The highest BCUT2D eigenvalue weighted by Crippen LogP contribution is 2.18. The number of phenols is 2. The Labute approximate surface area is 160 Å². The normalized spacial score (nSPS) is 10.5. The van der Waals surface area contributed by atoms with Crippen molar-refractivity contribution in [2.24, 2.45) is 0 Å². The van der Waals surface area contributed by atoms with Crippen LogP contribution in [0.5, 0.6) is 11.5 Å². The zero-order valence-corrected chi connectivity index (χ0v) is 14.8. The van der Waals surface area contributed by atoms with Gasteiger partial charge in [0.25, 0.3) is 0 Å². The second-order valence-electron chi connectivity index (χ2n) is 6.12. The molecule has 0 aliphatic carbocycles. The molecule has 0 radical (unpaired) electrons. The maximum atomic E-state index is 14.4. The van der Waals surface area contributed by atoms with Crippen LogP contribution < -0.4 is 0 Å². The van der Waals surface area contributed by atoms with Crippen LogP contribution in [0, 0.1) is 5.82 Å². The molecule has 0 spiro atoms. The summed E-state index contributed by atoms with van der Waals surface area (Å²) in [7, 11) is 0. The van der Waals surface area contributed by atoms with Crippen molar-refractivity contribution in [2.45, 2.75) is 6.42 Å². The van der Waals surface area contributed by atoms with Crippen LogP contribution in [-0.2, 0) is 11.2 Å². The largest absolute Gasteiger partial charge is 0.508 e. The summed E-state index contributed by atoms with van der Waals surface area (Å²) in [6.45, 7) is 0.0460. The fraction of sp³-hybridized carbons (Fsp3) is 0.0909. The smallest absolute Gasteiger partial charge is 0.338 e. The molecule has 0 amide bonds. The molecule has 0 aliphatic heterocycles.